The normalized spacial score (nSPS) is 23.5. The lowest BCUT2D eigenvalue weighted by Gasteiger charge is -2.28. The van der Waals surface area contributed by atoms with Gasteiger partial charge >= 0.3 is 0 Å². The Bertz CT molecular complexity index is 105. The number of hydrogen-bond acceptors (Lipinski definition) is 4. The fourth-order valence-corrected chi connectivity index (χ4v) is 0.918. The van der Waals surface area contributed by atoms with Crippen LogP contribution in [0.25, 0.3) is 0 Å². The lowest BCUT2D eigenvalue weighted by molar-refractivity contribution is -0.224. The van der Waals surface area contributed by atoms with Crippen LogP contribution in [0.1, 0.15) is 13.3 Å². The molecule has 4 heteroatoms. The Morgan fingerprint density at radius 2 is 2.18 bits per heavy atom. The van der Waals surface area contributed by atoms with E-state index >= 15 is 0 Å². The zero-order chi connectivity index (χ0) is 8.10. The van der Waals surface area contributed by atoms with Crippen LogP contribution in [0.5, 0.6) is 0 Å². The molecule has 1 fully saturated rings. The molecular weight excluding hydrogens is 144 g/mol. The Labute approximate surface area is 67.2 Å². The van der Waals surface area contributed by atoms with Crippen LogP contribution in [0.3, 0.4) is 0 Å². The summed E-state index contributed by atoms with van der Waals surface area (Å²) in [6, 6.07) is 0. The first-order valence-electron chi connectivity index (χ1n) is 4.08. The van der Waals surface area contributed by atoms with Gasteiger partial charge in [0.1, 0.15) is 6.23 Å². The fourth-order valence-electron chi connectivity index (χ4n) is 0.918. The summed E-state index contributed by atoms with van der Waals surface area (Å²) in [7, 11) is 0. The van der Waals surface area contributed by atoms with Gasteiger partial charge in [0.25, 0.3) is 0 Å². The predicted molar refractivity (Wildman–Crippen MR) is 41.7 cm³/mol. The molecule has 0 radical (unpaired) electrons. The van der Waals surface area contributed by atoms with Crippen LogP contribution in [-0.2, 0) is 9.57 Å². The molecule has 2 N–H and O–H groups in total. The minimum atomic E-state index is -0.159. The third kappa shape index (κ3) is 3.16. The number of ether oxygens (including phenoxy) is 1. The Hall–Kier alpha value is -0.160. The van der Waals surface area contributed by atoms with Gasteiger partial charge in [-0.1, -0.05) is 6.92 Å². The van der Waals surface area contributed by atoms with E-state index in [0.717, 1.165) is 32.7 Å². The molecule has 1 aliphatic heterocycles. The SMILES string of the molecule is CCC(N)ON1CCOCC1. The molecule has 0 spiro atoms. The quantitative estimate of drug-likeness (QED) is 0.588. The topological polar surface area (TPSA) is 47.7 Å². The highest BCUT2D eigenvalue weighted by Crippen LogP contribution is 2.00. The van der Waals surface area contributed by atoms with Crippen molar-refractivity contribution in [2.75, 3.05) is 26.3 Å². The summed E-state index contributed by atoms with van der Waals surface area (Å²) in [6.45, 7) is 5.15. The largest absolute Gasteiger partial charge is 0.379 e. The number of nitrogens with zero attached hydrogens (tertiary/aromatic N) is 1. The second-order valence-corrected chi connectivity index (χ2v) is 2.59. The molecule has 0 aliphatic carbocycles. The van der Waals surface area contributed by atoms with Crippen molar-refractivity contribution >= 4 is 0 Å². The molecule has 1 atom stereocenters. The van der Waals surface area contributed by atoms with Gasteiger partial charge in [-0.2, -0.15) is 5.06 Å². The van der Waals surface area contributed by atoms with Crippen LogP contribution in [0.2, 0.25) is 0 Å². The molecule has 0 bridgehead atoms. The number of rotatable bonds is 3. The zero-order valence-electron chi connectivity index (χ0n) is 6.95. The van der Waals surface area contributed by atoms with E-state index in [1.165, 1.54) is 0 Å². The highest BCUT2D eigenvalue weighted by atomic mass is 16.7. The van der Waals surface area contributed by atoms with Gasteiger partial charge in [-0.3, -0.25) is 4.84 Å². The number of morpholine rings is 1. The average molecular weight is 160 g/mol. The Balaban J connectivity index is 2.13. The van der Waals surface area contributed by atoms with Crippen LogP contribution in [-0.4, -0.2) is 37.6 Å². The van der Waals surface area contributed by atoms with E-state index in [-0.39, 0.29) is 6.23 Å². The minimum absolute atomic E-state index is 0.159. The molecule has 0 saturated carbocycles. The molecule has 1 aliphatic rings. The molecule has 1 heterocycles. The van der Waals surface area contributed by atoms with Crippen molar-refractivity contribution in [3.8, 4) is 0 Å². The summed E-state index contributed by atoms with van der Waals surface area (Å²) in [4.78, 5) is 5.37. The first-order valence-corrected chi connectivity index (χ1v) is 4.08. The van der Waals surface area contributed by atoms with E-state index in [1.54, 1.807) is 0 Å². The van der Waals surface area contributed by atoms with E-state index in [1.807, 2.05) is 12.0 Å². The number of nitrogens with two attached hydrogens (primary N) is 1. The molecule has 1 unspecified atom stereocenters. The number of hydroxylamine groups is 2. The van der Waals surface area contributed by atoms with Gasteiger partial charge in [-0.15, -0.1) is 0 Å². The van der Waals surface area contributed by atoms with Gasteiger partial charge in [0.2, 0.25) is 0 Å². The maximum atomic E-state index is 5.60. The van der Waals surface area contributed by atoms with Gasteiger partial charge < -0.3 is 10.5 Å². The van der Waals surface area contributed by atoms with E-state index < -0.39 is 0 Å². The molecule has 0 aromatic carbocycles. The van der Waals surface area contributed by atoms with Crippen molar-refractivity contribution in [3.63, 3.8) is 0 Å². The third-order valence-electron chi connectivity index (χ3n) is 1.66. The summed E-state index contributed by atoms with van der Waals surface area (Å²) in [5, 5.41) is 1.87. The standard InChI is InChI=1S/C7H16N2O2/c1-2-7(8)11-9-3-5-10-6-4-9/h7H,2-6,8H2,1H3. The van der Waals surface area contributed by atoms with Gasteiger partial charge in [0.05, 0.1) is 13.2 Å². The summed E-state index contributed by atoms with van der Waals surface area (Å²) in [5.74, 6) is 0. The molecule has 1 rings (SSSR count). The van der Waals surface area contributed by atoms with Gasteiger partial charge in [0.15, 0.2) is 0 Å². The van der Waals surface area contributed by atoms with Crippen molar-refractivity contribution in [1.29, 1.82) is 0 Å². The summed E-state index contributed by atoms with van der Waals surface area (Å²) < 4.78 is 5.15. The number of hydrogen-bond donors (Lipinski definition) is 1. The lowest BCUT2D eigenvalue weighted by Crippen LogP contribution is -2.41. The highest BCUT2D eigenvalue weighted by Gasteiger charge is 2.12. The van der Waals surface area contributed by atoms with Crippen LogP contribution < -0.4 is 5.73 Å². The van der Waals surface area contributed by atoms with Crippen molar-refractivity contribution in [2.24, 2.45) is 5.73 Å². The van der Waals surface area contributed by atoms with Crippen molar-refractivity contribution < 1.29 is 9.57 Å². The van der Waals surface area contributed by atoms with E-state index in [4.69, 9.17) is 15.3 Å². The Morgan fingerprint density at radius 1 is 1.55 bits per heavy atom. The second-order valence-electron chi connectivity index (χ2n) is 2.59. The van der Waals surface area contributed by atoms with Gasteiger partial charge in [-0.25, -0.2) is 0 Å². The average Bonchev–Trinajstić information content (AvgIpc) is 2.06. The molecule has 1 saturated heterocycles. The molecular formula is C7H16N2O2. The van der Waals surface area contributed by atoms with Crippen LogP contribution in [0.4, 0.5) is 0 Å². The summed E-state index contributed by atoms with van der Waals surface area (Å²) in [5.41, 5.74) is 5.60. The maximum absolute atomic E-state index is 5.60. The third-order valence-corrected chi connectivity index (χ3v) is 1.66. The van der Waals surface area contributed by atoms with Crippen LogP contribution in [0.15, 0.2) is 0 Å². The molecule has 4 nitrogen and oxygen atoms in total. The van der Waals surface area contributed by atoms with Crippen molar-refractivity contribution in [1.82, 2.24) is 5.06 Å². The maximum Gasteiger partial charge on any atom is 0.127 e. The van der Waals surface area contributed by atoms with E-state index in [0.29, 0.717) is 0 Å². The summed E-state index contributed by atoms with van der Waals surface area (Å²) >= 11 is 0. The van der Waals surface area contributed by atoms with E-state index in [2.05, 4.69) is 0 Å². The van der Waals surface area contributed by atoms with Gasteiger partial charge in [0, 0.05) is 13.1 Å². The van der Waals surface area contributed by atoms with Crippen molar-refractivity contribution in [3.05, 3.63) is 0 Å². The summed E-state index contributed by atoms with van der Waals surface area (Å²) in [6.07, 6.45) is 0.685. The molecule has 0 aromatic heterocycles. The predicted octanol–water partition coefficient (Wildman–Crippen LogP) is -0.0550. The molecule has 0 aromatic rings. The first kappa shape index (κ1) is 8.93. The Kier molecular flexibility index (Phi) is 3.79. The van der Waals surface area contributed by atoms with Crippen LogP contribution in [0, 0.1) is 0 Å². The first-order chi connectivity index (χ1) is 5.33. The lowest BCUT2D eigenvalue weighted by atomic mass is 10.4. The fraction of sp³-hybridized carbons (Fsp3) is 1.00. The van der Waals surface area contributed by atoms with E-state index in [9.17, 15) is 0 Å². The highest BCUT2D eigenvalue weighted by molar-refractivity contribution is 4.52. The zero-order valence-corrected chi connectivity index (χ0v) is 6.95. The van der Waals surface area contributed by atoms with Crippen LogP contribution >= 0.6 is 0 Å². The molecule has 11 heavy (non-hydrogen) atoms. The van der Waals surface area contributed by atoms with Crippen molar-refractivity contribution in [2.45, 2.75) is 19.6 Å². The van der Waals surface area contributed by atoms with Gasteiger partial charge in [-0.05, 0) is 6.42 Å². The Morgan fingerprint density at radius 3 is 2.73 bits per heavy atom. The molecule has 0 amide bonds. The second kappa shape index (κ2) is 4.66. The monoisotopic (exact) mass is 160 g/mol. The minimum Gasteiger partial charge on any atom is -0.379 e. The smallest absolute Gasteiger partial charge is 0.127 e. The molecule has 66 valence electrons.